The van der Waals surface area contributed by atoms with Gasteiger partial charge in [-0.1, -0.05) is 0 Å². The van der Waals surface area contributed by atoms with E-state index in [1.54, 1.807) is 4.90 Å². The number of halogens is 1. The fraction of sp³-hybridized carbons (Fsp3) is 0.400. The molecule has 92 valence electrons. The van der Waals surface area contributed by atoms with Gasteiger partial charge in [0, 0.05) is 19.1 Å². The van der Waals surface area contributed by atoms with E-state index in [-0.39, 0.29) is 18.2 Å². The predicted molar refractivity (Wildman–Crippen MR) is 64.0 cm³/mol. The first-order chi connectivity index (χ1) is 8.61. The first kappa shape index (κ1) is 12.3. The highest BCUT2D eigenvalue weighted by molar-refractivity contribution is 6.67. The summed E-state index contributed by atoms with van der Waals surface area (Å²) in [5.74, 6) is 1.64. The van der Waals surface area contributed by atoms with Crippen LogP contribution in [0.1, 0.15) is 0 Å². The van der Waals surface area contributed by atoms with Crippen molar-refractivity contribution >= 4 is 18.2 Å². The molecular weight excluding hydrogens is 238 g/mol. The number of hydrogen-bond donors (Lipinski definition) is 0. The maximum absolute atomic E-state index is 13.0. The quantitative estimate of drug-likeness (QED) is 0.450. The molecule has 8 heteroatoms. The molecule has 0 aliphatic carbocycles. The third-order valence-electron chi connectivity index (χ3n) is 2.99. The van der Waals surface area contributed by atoms with Crippen LogP contribution in [0, 0.1) is 27.2 Å². The van der Waals surface area contributed by atoms with Crippen LogP contribution < -0.4 is 4.90 Å². The lowest BCUT2D eigenvalue weighted by atomic mass is 9.45. The molecule has 2 heterocycles. The molecule has 1 fully saturated rings. The Bertz CT molecular complexity index is 511. The van der Waals surface area contributed by atoms with Crippen molar-refractivity contribution in [2.45, 2.75) is 12.6 Å². The lowest BCUT2D eigenvalue weighted by Gasteiger charge is -2.28. The van der Waals surface area contributed by atoms with Crippen molar-refractivity contribution in [1.82, 2.24) is 4.98 Å². The second-order valence-corrected chi connectivity index (χ2v) is 4.14. The van der Waals surface area contributed by atoms with E-state index in [2.05, 4.69) is 11.0 Å². The summed E-state index contributed by atoms with van der Waals surface area (Å²) in [6.07, 6.45) is 2.26. The van der Waals surface area contributed by atoms with Crippen LogP contribution in [-0.4, -0.2) is 29.7 Å². The second-order valence-electron chi connectivity index (χ2n) is 4.14. The van der Waals surface area contributed by atoms with Gasteiger partial charge in [-0.25, -0.2) is 14.6 Å². The minimum Gasteiger partial charge on any atom is -0.352 e. The largest absolute Gasteiger partial charge is 0.352 e. The molecule has 0 aromatic carbocycles. The number of anilines is 1. The molecule has 18 heavy (non-hydrogen) atoms. The van der Waals surface area contributed by atoms with Crippen molar-refractivity contribution in [3.8, 4) is 5.97 Å². The molecule has 0 atom stereocenters. The summed E-state index contributed by atoms with van der Waals surface area (Å²) in [6, 6.07) is 0.874. The Morgan fingerprint density at radius 1 is 1.56 bits per heavy atom. The Morgan fingerprint density at radius 2 is 2.22 bits per heavy atom. The molecule has 1 aromatic rings. The SMILES string of the molecule is N#CB1CCN(c2ncc(F)cc2[N+](=O)[O-])CC1. The van der Waals surface area contributed by atoms with Crippen LogP contribution in [0.25, 0.3) is 0 Å². The minimum atomic E-state index is -0.725. The van der Waals surface area contributed by atoms with E-state index in [0.717, 1.165) is 12.3 Å². The average molecular weight is 248 g/mol. The summed E-state index contributed by atoms with van der Waals surface area (Å²) in [5.41, 5.74) is -0.328. The van der Waals surface area contributed by atoms with Crippen molar-refractivity contribution in [2.75, 3.05) is 18.0 Å². The summed E-state index contributed by atoms with van der Waals surface area (Å²) in [4.78, 5) is 15.7. The highest BCUT2D eigenvalue weighted by Gasteiger charge is 2.28. The maximum Gasteiger partial charge on any atom is 0.314 e. The number of pyridine rings is 1. The van der Waals surface area contributed by atoms with E-state index in [1.807, 2.05) is 0 Å². The van der Waals surface area contributed by atoms with Crippen LogP contribution in [0.5, 0.6) is 0 Å². The molecule has 1 aromatic heterocycles. The molecule has 2 rings (SSSR count). The van der Waals surface area contributed by atoms with E-state index >= 15 is 0 Å². The van der Waals surface area contributed by atoms with E-state index < -0.39 is 10.7 Å². The molecule has 0 unspecified atom stereocenters. The Hall–Kier alpha value is -2.17. The normalized spacial score (nSPS) is 15.3. The number of hydrogen-bond acceptors (Lipinski definition) is 5. The molecular formula is C10H10BFN4O2. The van der Waals surface area contributed by atoms with Crippen LogP contribution in [0.3, 0.4) is 0 Å². The van der Waals surface area contributed by atoms with Gasteiger partial charge in [-0.3, -0.25) is 10.1 Å². The number of nitriles is 1. The highest BCUT2D eigenvalue weighted by Crippen LogP contribution is 2.28. The summed E-state index contributed by atoms with van der Waals surface area (Å²) in [5, 5.41) is 19.6. The van der Waals surface area contributed by atoms with Gasteiger partial charge in [0.2, 0.25) is 5.82 Å². The van der Waals surface area contributed by atoms with Gasteiger partial charge in [0.1, 0.15) is 5.82 Å². The molecule has 0 saturated carbocycles. The van der Waals surface area contributed by atoms with Gasteiger partial charge in [0.05, 0.1) is 17.2 Å². The van der Waals surface area contributed by atoms with Crippen LogP contribution in [0.4, 0.5) is 15.9 Å². The van der Waals surface area contributed by atoms with Crippen LogP contribution in [0.15, 0.2) is 12.3 Å². The van der Waals surface area contributed by atoms with Gasteiger partial charge in [-0.2, -0.15) is 0 Å². The summed E-state index contributed by atoms with van der Waals surface area (Å²) < 4.78 is 13.0. The monoisotopic (exact) mass is 248 g/mol. The van der Waals surface area contributed by atoms with E-state index in [9.17, 15) is 14.5 Å². The molecule has 1 saturated heterocycles. The van der Waals surface area contributed by atoms with Crippen LogP contribution in [-0.2, 0) is 0 Å². The molecule has 1 aliphatic heterocycles. The van der Waals surface area contributed by atoms with E-state index in [0.29, 0.717) is 25.7 Å². The number of nitro groups is 1. The molecule has 1 aliphatic rings. The first-order valence-corrected chi connectivity index (χ1v) is 5.56. The molecule has 6 nitrogen and oxygen atoms in total. The third-order valence-corrected chi connectivity index (χ3v) is 2.99. The summed E-state index contributed by atoms with van der Waals surface area (Å²) in [7, 11) is 0. The average Bonchev–Trinajstić information content (AvgIpc) is 2.39. The van der Waals surface area contributed by atoms with Crippen molar-refractivity contribution < 1.29 is 9.31 Å². The standard InChI is InChI=1S/C10H10BFN4O2/c12-8-5-9(16(17)18)10(14-6-8)15-3-1-11(7-13)2-4-15/h5-6H,1-4H2. The van der Waals surface area contributed by atoms with Crippen LogP contribution in [0.2, 0.25) is 12.6 Å². The first-order valence-electron chi connectivity index (χ1n) is 5.56. The zero-order valence-corrected chi connectivity index (χ0v) is 9.54. The molecule has 0 bridgehead atoms. The third kappa shape index (κ3) is 2.40. The molecule has 0 radical (unpaired) electrons. The smallest absolute Gasteiger partial charge is 0.314 e. The summed E-state index contributed by atoms with van der Waals surface area (Å²) >= 11 is 0. The molecule has 0 spiro atoms. The van der Waals surface area contributed by atoms with Gasteiger partial charge in [0.15, 0.2) is 0 Å². The fourth-order valence-electron chi connectivity index (χ4n) is 2.02. The summed E-state index contributed by atoms with van der Waals surface area (Å²) in [6.45, 7) is 1.04. The Balaban J connectivity index is 2.24. The van der Waals surface area contributed by atoms with Gasteiger partial charge in [-0.15, -0.1) is 0 Å². The topological polar surface area (TPSA) is 83.1 Å². The number of aromatic nitrogens is 1. The fourth-order valence-corrected chi connectivity index (χ4v) is 2.02. The Kier molecular flexibility index (Phi) is 3.41. The predicted octanol–water partition coefficient (Wildman–Crippen LogP) is 1.51. The van der Waals surface area contributed by atoms with Gasteiger partial charge >= 0.3 is 5.69 Å². The van der Waals surface area contributed by atoms with Gasteiger partial charge in [-0.05, 0) is 12.6 Å². The maximum atomic E-state index is 13.0. The zero-order chi connectivity index (χ0) is 13.1. The van der Waals surface area contributed by atoms with Crippen molar-refractivity contribution in [3.05, 3.63) is 28.2 Å². The van der Waals surface area contributed by atoms with E-state index in [1.165, 1.54) is 0 Å². The van der Waals surface area contributed by atoms with Crippen molar-refractivity contribution in [2.24, 2.45) is 0 Å². The van der Waals surface area contributed by atoms with Gasteiger partial charge < -0.3 is 4.90 Å². The molecule has 0 N–H and O–H groups in total. The Morgan fingerprint density at radius 3 is 2.78 bits per heavy atom. The van der Waals surface area contributed by atoms with Gasteiger partial charge in [0.25, 0.3) is 6.71 Å². The highest BCUT2D eigenvalue weighted by atomic mass is 19.1. The number of nitrogens with zero attached hydrogens (tertiary/aromatic N) is 4. The van der Waals surface area contributed by atoms with Crippen molar-refractivity contribution in [3.63, 3.8) is 0 Å². The van der Waals surface area contributed by atoms with Crippen molar-refractivity contribution in [1.29, 1.82) is 5.26 Å². The zero-order valence-electron chi connectivity index (χ0n) is 9.54. The lowest BCUT2D eigenvalue weighted by molar-refractivity contribution is -0.384. The number of rotatable bonds is 2. The molecule has 0 amide bonds. The lowest BCUT2D eigenvalue weighted by Crippen LogP contribution is -2.37. The Labute approximate surface area is 103 Å². The van der Waals surface area contributed by atoms with E-state index in [4.69, 9.17) is 5.26 Å². The second kappa shape index (κ2) is 5.00. The minimum absolute atomic E-state index is 0.0132. The van der Waals surface area contributed by atoms with Crippen LogP contribution >= 0.6 is 0 Å².